The van der Waals surface area contributed by atoms with Crippen LogP contribution in [0, 0.1) is 0 Å². The van der Waals surface area contributed by atoms with Crippen LogP contribution in [0.1, 0.15) is 12.5 Å². The van der Waals surface area contributed by atoms with Gasteiger partial charge in [0.15, 0.2) is 0 Å². The maximum atomic E-state index is 11.0. The Morgan fingerprint density at radius 3 is 3.20 bits per heavy atom. The minimum Gasteiger partial charge on any atom is -0.465 e. The van der Waals surface area contributed by atoms with Crippen LogP contribution in [0.3, 0.4) is 0 Å². The number of carbonyl (C=O) groups is 1. The average molecular weight is 209 g/mol. The molecule has 1 rings (SSSR count). The molecule has 1 aromatic heterocycles. The quantitative estimate of drug-likeness (QED) is 0.698. The number of aromatic nitrogens is 2. The van der Waals surface area contributed by atoms with E-state index < -0.39 is 0 Å². The van der Waals surface area contributed by atoms with Crippen LogP contribution in [0.5, 0.6) is 0 Å². The van der Waals surface area contributed by atoms with Crippen LogP contribution >= 0.6 is 0 Å². The summed E-state index contributed by atoms with van der Waals surface area (Å²) in [7, 11) is 0. The largest absolute Gasteiger partial charge is 0.465 e. The zero-order valence-electron chi connectivity index (χ0n) is 8.77. The van der Waals surface area contributed by atoms with E-state index in [-0.39, 0.29) is 12.5 Å². The highest BCUT2D eigenvalue weighted by Gasteiger charge is 2.01. The minimum absolute atomic E-state index is 0.215. The zero-order chi connectivity index (χ0) is 11.1. The molecule has 1 heterocycles. The minimum atomic E-state index is -0.242. The third kappa shape index (κ3) is 3.95. The van der Waals surface area contributed by atoms with Crippen molar-refractivity contribution in [2.75, 3.05) is 13.2 Å². The highest BCUT2D eigenvalue weighted by Crippen LogP contribution is 1.96. The fourth-order valence-electron chi connectivity index (χ4n) is 1.09. The van der Waals surface area contributed by atoms with Gasteiger partial charge in [0, 0.05) is 24.5 Å². The average Bonchev–Trinajstić information content (AvgIpc) is 2.66. The standard InChI is InChI=1S/C10H15N3O2/c1-3-13-8-9(6-12-13)5-11-7-10(14)15-4-2/h3,6,8,11H,1,4-5,7H2,2H3. The van der Waals surface area contributed by atoms with Crippen LogP contribution in [0.15, 0.2) is 19.0 Å². The van der Waals surface area contributed by atoms with E-state index in [0.29, 0.717) is 13.2 Å². The lowest BCUT2D eigenvalue weighted by Crippen LogP contribution is -2.24. The SMILES string of the molecule is C=Cn1cc(CNCC(=O)OCC)cn1. The van der Waals surface area contributed by atoms with Crippen molar-refractivity contribution in [1.29, 1.82) is 0 Å². The summed E-state index contributed by atoms with van der Waals surface area (Å²) in [5.74, 6) is -0.242. The van der Waals surface area contributed by atoms with Gasteiger partial charge in [-0.1, -0.05) is 6.58 Å². The first kappa shape index (κ1) is 11.5. The van der Waals surface area contributed by atoms with E-state index in [0.717, 1.165) is 5.56 Å². The van der Waals surface area contributed by atoms with Gasteiger partial charge in [-0.25, -0.2) is 4.68 Å². The number of ether oxygens (including phenoxy) is 1. The maximum Gasteiger partial charge on any atom is 0.319 e. The summed E-state index contributed by atoms with van der Waals surface area (Å²) in [6.45, 7) is 6.58. The fraction of sp³-hybridized carbons (Fsp3) is 0.400. The Labute approximate surface area is 88.7 Å². The molecule has 0 aliphatic rings. The number of nitrogens with zero attached hydrogens (tertiary/aromatic N) is 2. The van der Waals surface area contributed by atoms with Crippen molar-refractivity contribution >= 4 is 12.2 Å². The molecule has 1 aromatic rings. The van der Waals surface area contributed by atoms with Crippen LogP contribution in [0.25, 0.3) is 6.20 Å². The Bertz CT molecular complexity index is 333. The number of hydrogen-bond acceptors (Lipinski definition) is 4. The first-order valence-corrected chi connectivity index (χ1v) is 4.78. The molecule has 0 fully saturated rings. The Balaban J connectivity index is 2.25. The van der Waals surface area contributed by atoms with Gasteiger partial charge >= 0.3 is 5.97 Å². The second-order valence-electron chi connectivity index (χ2n) is 2.92. The van der Waals surface area contributed by atoms with Crippen LogP contribution in [-0.2, 0) is 16.1 Å². The molecule has 82 valence electrons. The van der Waals surface area contributed by atoms with Crippen LogP contribution in [0.2, 0.25) is 0 Å². The molecular weight excluding hydrogens is 194 g/mol. The van der Waals surface area contributed by atoms with Gasteiger partial charge < -0.3 is 10.1 Å². The summed E-state index contributed by atoms with van der Waals surface area (Å²) in [5.41, 5.74) is 0.999. The number of esters is 1. The van der Waals surface area contributed by atoms with E-state index >= 15 is 0 Å². The zero-order valence-corrected chi connectivity index (χ0v) is 8.77. The Kier molecular flexibility index (Phi) is 4.56. The molecule has 0 amide bonds. The van der Waals surface area contributed by atoms with Crippen LogP contribution in [0.4, 0.5) is 0 Å². The molecule has 0 radical (unpaired) electrons. The lowest BCUT2D eigenvalue weighted by atomic mass is 10.3. The molecule has 0 aromatic carbocycles. The van der Waals surface area contributed by atoms with Crippen molar-refractivity contribution in [3.05, 3.63) is 24.5 Å². The molecule has 1 N–H and O–H groups in total. The molecule has 0 saturated carbocycles. The molecule has 15 heavy (non-hydrogen) atoms. The number of carbonyl (C=O) groups excluding carboxylic acids is 1. The van der Waals surface area contributed by atoms with Gasteiger partial charge in [-0.05, 0) is 6.92 Å². The van der Waals surface area contributed by atoms with Gasteiger partial charge in [-0.15, -0.1) is 0 Å². The van der Waals surface area contributed by atoms with Crippen molar-refractivity contribution in [2.45, 2.75) is 13.5 Å². The van der Waals surface area contributed by atoms with Gasteiger partial charge in [0.05, 0.1) is 19.3 Å². The van der Waals surface area contributed by atoms with E-state index in [1.165, 1.54) is 0 Å². The molecule has 0 bridgehead atoms. The molecule has 0 unspecified atom stereocenters. The normalized spacial score (nSPS) is 9.93. The summed E-state index contributed by atoms with van der Waals surface area (Å²) in [4.78, 5) is 11.0. The molecular formula is C10H15N3O2. The first-order valence-electron chi connectivity index (χ1n) is 4.78. The van der Waals surface area contributed by atoms with Gasteiger partial charge in [0.2, 0.25) is 0 Å². The molecule has 0 aliphatic heterocycles. The van der Waals surface area contributed by atoms with Gasteiger partial charge in [-0.2, -0.15) is 5.10 Å². The van der Waals surface area contributed by atoms with Crippen molar-refractivity contribution < 1.29 is 9.53 Å². The molecule has 0 atom stereocenters. The second kappa shape index (κ2) is 5.98. The van der Waals surface area contributed by atoms with Crippen LogP contribution in [-0.4, -0.2) is 28.9 Å². The first-order chi connectivity index (χ1) is 7.26. The van der Waals surface area contributed by atoms with Crippen molar-refractivity contribution in [1.82, 2.24) is 15.1 Å². The number of rotatable bonds is 6. The summed E-state index contributed by atoms with van der Waals surface area (Å²) < 4.78 is 6.38. The highest BCUT2D eigenvalue weighted by atomic mass is 16.5. The Morgan fingerprint density at radius 2 is 2.60 bits per heavy atom. The number of hydrogen-bond donors (Lipinski definition) is 1. The van der Waals surface area contributed by atoms with Gasteiger partial charge in [0.25, 0.3) is 0 Å². The molecule has 5 nitrogen and oxygen atoms in total. The van der Waals surface area contributed by atoms with E-state index in [9.17, 15) is 4.79 Å². The lowest BCUT2D eigenvalue weighted by molar-refractivity contribution is -0.142. The van der Waals surface area contributed by atoms with Crippen molar-refractivity contribution in [3.8, 4) is 0 Å². The predicted octanol–water partition coefficient (Wildman–Crippen LogP) is 0.636. The molecule has 0 aliphatic carbocycles. The third-order valence-electron chi connectivity index (χ3n) is 1.75. The Hall–Kier alpha value is -1.62. The van der Waals surface area contributed by atoms with Crippen molar-refractivity contribution in [2.24, 2.45) is 0 Å². The summed E-state index contributed by atoms with van der Waals surface area (Å²) >= 11 is 0. The van der Waals surface area contributed by atoms with E-state index in [1.807, 2.05) is 6.20 Å². The maximum absolute atomic E-state index is 11.0. The van der Waals surface area contributed by atoms with Crippen molar-refractivity contribution in [3.63, 3.8) is 0 Å². The van der Waals surface area contributed by atoms with Gasteiger partial charge in [0.1, 0.15) is 0 Å². The smallest absolute Gasteiger partial charge is 0.319 e. The third-order valence-corrected chi connectivity index (χ3v) is 1.75. The monoisotopic (exact) mass is 209 g/mol. The molecule has 0 saturated heterocycles. The highest BCUT2D eigenvalue weighted by molar-refractivity contribution is 5.71. The lowest BCUT2D eigenvalue weighted by Gasteiger charge is -2.02. The van der Waals surface area contributed by atoms with E-state index in [2.05, 4.69) is 17.0 Å². The summed E-state index contributed by atoms with van der Waals surface area (Å²) in [5, 5.41) is 6.97. The van der Waals surface area contributed by atoms with Crippen LogP contribution < -0.4 is 5.32 Å². The second-order valence-corrected chi connectivity index (χ2v) is 2.92. The molecule has 0 spiro atoms. The summed E-state index contributed by atoms with van der Waals surface area (Å²) in [6.07, 6.45) is 5.17. The predicted molar refractivity (Wildman–Crippen MR) is 57.0 cm³/mol. The summed E-state index contributed by atoms with van der Waals surface area (Å²) in [6, 6.07) is 0. The van der Waals surface area contributed by atoms with E-state index in [4.69, 9.17) is 4.74 Å². The van der Waals surface area contributed by atoms with E-state index in [1.54, 1.807) is 24.0 Å². The number of nitrogens with one attached hydrogen (secondary N) is 1. The fourth-order valence-corrected chi connectivity index (χ4v) is 1.09. The van der Waals surface area contributed by atoms with Gasteiger partial charge in [-0.3, -0.25) is 4.79 Å². The Morgan fingerprint density at radius 1 is 1.80 bits per heavy atom. The molecule has 5 heteroatoms. The topological polar surface area (TPSA) is 56.2 Å².